The van der Waals surface area contributed by atoms with Crippen molar-refractivity contribution in [3.63, 3.8) is 0 Å². The van der Waals surface area contributed by atoms with Crippen molar-refractivity contribution in [1.82, 2.24) is 19.7 Å². The number of anilines is 1. The van der Waals surface area contributed by atoms with Gasteiger partial charge in [0.1, 0.15) is 0 Å². The van der Waals surface area contributed by atoms with Gasteiger partial charge in [-0.15, -0.1) is 10.2 Å². The van der Waals surface area contributed by atoms with Gasteiger partial charge in [-0.1, -0.05) is 30.8 Å². The first-order valence-electron chi connectivity index (χ1n) is 9.11. The van der Waals surface area contributed by atoms with Gasteiger partial charge >= 0.3 is 0 Å². The molecule has 0 spiro atoms. The molecule has 0 atom stereocenters. The summed E-state index contributed by atoms with van der Waals surface area (Å²) in [7, 11) is 0. The van der Waals surface area contributed by atoms with Crippen LogP contribution in [0.25, 0.3) is 11.4 Å². The van der Waals surface area contributed by atoms with Gasteiger partial charge in [-0.05, 0) is 49.1 Å². The number of amides is 1. The SMILES string of the molecule is CCc1ccc(NC(=O)CSc2nnc(-c3cccnc3)n2C2CC2)cc1. The number of carbonyl (C=O) groups is 1. The number of nitrogens with zero attached hydrogens (tertiary/aromatic N) is 4. The van der Waals surface area contributed by atoms with Gasteiger partial charge in [-0.2, -0.15) is 0 Å². The molecule has 0 aliphatic heterocycles. The monoisotopic (exact) mass is 379 g/mol. The normalized spacial score (nSPS) is 13.5. The van der Waals surface area contributed by atoms with Crippen LogP contribution in [0, 0.1) is 0 Å². The van der Waals surface area contributed by atoms with E-state index in [1.807, 2.05) is 36.4 Å². The number of pyridine rings is 1. The molecular formula is C20H21N5OS. The van der Waals surface area contributed by atoms with E-state index in [4.69, 9.17) is 0 Å². The predicted molar refractivity (Wildman–Crippen MR) is 107 cm³/mol. The van der Waals surface area contributed by atoms with Crippen molar-refractivity contribution in [2.24, 2.45) is 0 Å². The highest BCUT2D eigenvalue weighted by Gasteiger charge is 2.30. The number of hydrogen-bond donors (Lipinski definition) is 1. The van der Waals surface area contributed by atoms with E-state index < -0.39 is 0 Å². The molecule has 1 aliphatic carbocycles. The lowest BCUT2D eigenvalue weighted by atomic mass is 10.1. The molecule has 0 bridgehead atoms. The number of nitrogens with one attached hydrogen (secondary N) is 1. The Hall–Kier alpha value is -2.67. The van der Waals surface area contributed by atoms with Gasteiger partial charge in [-0.3, -0.25) is 14.3 Å². The number of benzene rings is 1. The van der Waals surface area contributed by atoms with Crippen LogP contribution in [0.5, 0.6) is 0 Å². The Morgan fingerprint density at radius 3 is 2.70 bits per heavy atom. The van der Waals surface area contributed by atoms with Crippen LogP contribution >= 0.6 is 11.8 Å². The van der Waals surface area contributed by atoms with Crippen LogP contribution in [0.2, 0.25) is 0 Å². The number of rotatable bonds is 7. The van der Waals surface area contributed by atoms with Gasteiger partial charge in [0, 0.05) is 29.7 Å². The molecule has 2 heterocycles. The van der Waals surface area contributed by atoms with E-state index in [9.17, 15) is 4.79 Å². The lowest BCUT2D eigenvalue weighted by molar-refractivity contribution is -0.113. The number of thioether (sulfide) groups is 1. The Kier molecular flexibility index (Phi) is 5.20. The van der Waals surface area contributed by atoms with Crippen LogP contribution in [0.1, 0.15) is 31.4 Å². The summed E-state index contributed by atoms with van der Waals surface area (Å²) in [6.07, 6.45) is 6.77. The first kappa shape index (κ1) is 17.7. The summed E-state index contributed by atoms with van der Waals surface area (Å²) < 4.78 is 2.14. The zero-order valence-electron chi connectivity index (χ0n) is 15.1. The van der Waals surface area contributed by atoms with Crippen molar-refractivity contribution in [3.05, 3.63) is 54.4 Å². The van der Waals surface area contributed by atoms with Crippen LogP contribution < -0.4 is 5.32 Å². The van der Waals surface area contributed by atoms with E-state index in [0.29, 0.717) is 11.8 Å². The van der Waals surface area contributed by atoms with Crippen LogP contribution in [0.4, 0.5) is 5.69 Å². The number of hydrogen-bond acceptors (Lipinski definition) is 5. The molecule has 1 N–H and O–H groups in total. The molecule has 1 amide bonds. The van der Waals surface area contributed by atoms with E-state index in [2.05, 4.69) is 32.0 Å². The second kappa shape index (κ2) is 7.92. The maximum atomic E-state index is 12.3. The lowest BCUT2D eigenvalue weighted by Crippen LogP contribution is -2.14. The Balaban J connectivity index is 1.43. The highest BCUT2D eigenvalue weighted by atomic mass is 32.2. The highest BCUT2D eigenvalue weighted by Crippen LogP contribution is 2.40. The summed E-state index contributed by atoms with van der Waals surface area (Å²) in [5.74, 6) is 1.08. The molecule has 1 fully saturated rings. The van der Waals surface area contributed by atoms with E-state index in [1.54, 1.807) is 12.4 Å². The van der Waals surface area contributed by atoms with Crippen molar-refractivity contribution in [2.45, 2.75) is 37.4 Å². The number of aromatic nitrogens is 4. The molecule has 27 heavy (non-hydrogen) atoms. The Morgan fingerprint density at radius 1 is 1.22 bits per heavy atom. The standard InChI is InChI=1S/C20H21N5OS/c1-2-14-5-7-16(8-6-14)22-18(26)13-27-20-24-23-19(25(20)17-9-10-17)15-4-3-11-21-12-15/h3-8,11-12,17H,2,9-10,13H2,1H3,(H,22,26). The molecule has 6 nitrogen and oxygen atoms in total. The van der Waals surface area contributed by atoms with E-state index >= 15 is 0 Å². The van der Waals surface area contributed by atoms with Crippen LogP contribution in [-0.2, 0) is 11.2 Å². The molecule has 3 aromatic rings. The minimum Gasteiger partial charge on any atom is -0.325 e. The summed E-state index contributed by atoms with van der Waals surface area (Å²) in [5, 5.41) is 12.4. The molecule has 1 saturated carbocycles. The molecule has 2 aromatic heterocycles. The molecule has 0 radical (unpaired) electrons. The third kappa shape index (κ3) is 4.19. The smallest absolute Gasteiger partial charge is 0.234 e. The van der Waals surface area contributed by atoms with Crippen molar-refractivity contribution in [2.75, 3.05) is 11.1 Å². The Morgan fingerprint density at radius 2 is 2.04 bits per heavy atom. The van der Waals surface area contributed by atoms with E-state index in [-0.39, 0.29) is 5.91 Å². The third-order valence-corrected chi connectivity index (χ3v) is 5.42. The zero-order chi connectivity index (χ0) is 18.6. The van der Waals surface area contributed by atoms with Crippen LogP contribution in [0.3, 0.4) is 0 Å². The average molecular weight is 379 g/mol. The van der Waals surface area contributed by atoms with Crippen LogP contribution in [0.15, 0.2) is 53.9 Å². The van der Waals surface area contributed by atoms with Gasteiger partial charge < -0.3 is 5.32 Å². The summed E-state index contributed by atoms with van der Waals surface area (Å²) in [6, 6.07) is 12.2. The van der Waals surface area contributed by atoms with Gasteiger partial charge in [0.05, 0.1) is 5.75 Å². The van der Waals surface area contributed by atoms with Crippen LogP contribution in [-0.4, -0.2) is 31.4 Å². The molecule has 1 aliphatic rings. The largest absolute Gasteiger partial charge is 0.325 e. The zero-order valence-corrected chi connectivity index (χ0v) is 15.9. The van der Waals surface area contributed by atoms with Crippen molar-refractivity contribution in [1.29, 1.82) is 0 Å². The fourth-order valence-corrected chi connectivity index (χ4v) is 3.69. The molecule has 7 heteroatoms. The molecule has 0 unspecified atom stereocenters. The maximum absolute atomic E-state index is 12.3. The third-order valence-electron chi connectivity index (χ3n) is 4.47. The van der Waals surface area contributed by atoms with Gasteiger partial charge in [-0.25, -0.2) is 0 Å². The molecule has 0 saturated heterocycles. The summed E-state index contributed by atoms with van der Waals surface area (Å²) in [6.45, 7) is 2.11. The average Bonchev–Trinajstić information content (AvgIpc) is 3.46. The minimum absolute atomic E-state index is 0.0440. The Labute approximate surface area is 162 Å². The summed E-state index contributed by atoms with van der Waals surface area (Å²) in [5.41, 5.74) is 3.02. The predicted octanol–water partition coefficient (Wildman–Crippen LogP) is 3.97. The van der Waals surface area contributed by atoms with Gasteiger partial charge in [0.25, 0.3) is 0 Å². The quantitative estimate of drug-likeness (QED) is 0.629. The molecule has 4 rings (SSSR count). The number of aryl methyl sites for hydroxylation is 1. The van der Waals surface area contributed by atoms with Gasteiger partial charge in [0.15, 0.2) is 11.0 Å². The van der Waals surface area contributed by atoms with E-state index in [1.165, 1.54) is 17.3 Å². The lowest BCUT2D eigenvalue weighted by Gasteiger charge is -2.09. The molecule has 138 valence electrons. The van der Waals surface area contributed by atoms with Crippen molar-refractivity contribution >= 4 is 23.4 Å². The second-order valence-electron chi connectivity index (χ2n) is 6.54. The highest BCUT2D eigenvalue weighted by molar-refractivity contribution is 7.99. The summed E-state index contributed by atoms with van der Waals surface area (Å²) in [4.78, 5) is 16.5. The van der Waals surface area contributed by atoms with E-state index in [0.717, 1.165) is 41.5 Å². The first-order valence-corrected chi connectivity index (χ1v) is 10.1. The topological polar surface area (TPSA) is 72.7 Å². The Bertz CT molecular complexity index is 919. The fourth-order valence-electron chi connectivity index (χ4n) is 2.88. The summed E-state index contributed by atoms with van der Waals surface area (Å²) >= 11 is 1.42. The van der Waals surface area contributed by atoms with Gasteiger partial charge in [0.2, 0.25) is 5.91 Å². The van der Waals surface area contributed by atoms with Crippen molar-refractivity contribution in [3.8, 4) is 11.4 Å². The first-order chi connectivity index (χ1) is 13.2. The molecule has 1 aromatic carbocycles. The fraction of sp³-hybridized carbons (Fsp3) is 0.300. The number of carbonyl (C=O) groups excluding carboxylic acids is 1. The van der Waals surface area contributed by atoms with Crippen molar-refractivity contribution < 1.29 is 4.79 Å². The molecular weight excluding hydrogens is 358 g/mol. The minimum atomic E-state index is -0.0440. The second-order valence-corrected chi connectivity index (χ2v) is 7.48. The maximum Gasteiger partial charge on any atom is 0.234 e.